The zero-order chi connectivity index (χ0) is 17.1. The molecule has 3 rings (SSSR count). The number of hydrogen-bond donors (Lipinski definition) is 3. The molecule has 2 aromatic rings. The fourth-order valence-electron chi connectivity index (χ4n) is 3.02. The molecule has 3 N–H and O–H groups in total. The number of fused-ring (bicyclic) bond motifs is 1. The number of rotatable bonds is 6. The third-order valence-electron chi connectivity index (χ3n) is 4.37. The highest BCUT2D eigenvalue weighted by molar-refractivity contribution is 5.90. The number of nitrogens with one attached hydrogen (secondary N) is 2. The predicted molar refractivity (Wildman–Crippen MR) is 89.0 cm³/mol. The van der Waals surface area contributed by atoms with Crippen LogP contribution >= 0.6 is 0 Å². The van der Waals surface area contributed by atoms with Gasteiger partial charge in [-0.15, -0.1) is 0 Å². The topological polar surface area (TPSA) is 99.0 Å². The molecule has 0 radical (unpaired) electrons. The molecule has 1 saturated carbocycles. The van der Waals surface area contributed by atoms with Crippen LogP contribution in [0, 0.1) is 0 Å². The number of carboxylic acids is 1. The Balaban J connectivity index is 1.47. The standard InChI is InChI=1S/C16H21N5O3/c1-2-20(10-15(22)23)13-7-12(8-13)19-16(24)18-11-3-5-21-6-4-17-14(21)9-11/h3-6,9,12-13H,2,7-8,10H2,1H3,(H,22,23)(H2,18,19,24). The lowest BCUT2D eigenvalue weighted by Crippen LogP contribution is -2.55. The first kappa shape index (κ1) is 16.3. The first-order chi connectivity index (χ1) is 11.5. The maximum Gasteiger partial charge on any atom is 0.319 e. The van der Waals surface area contributed by atoms with Crippen LogP contribution in [0.15, 0.2) is 30.7 Å². The molecule has 128 valence electrons. The van der Waals surface area contributed by atoms with Gasteiger partial charge in [0.25, 0.3) is 0 Å². The maximum absolute atomic E-state index is 12.1. The van der Waals surface area contributed by atoms with E-state index >= 15 is 0 Å². The Morgan fingerprint density at radius 3 is 2.92 bits per heavy atom. The highest BCUT2D eigenvalue weighted by Crippen LogP contribution is 2.25. The van der Waals surface area contributed by atoms with E-state index in [1.165, 1.54) is 0 Å². The number of nitrogens with zero attached hydrogens (tertiary/aromatic N) is 3. The summed E-state index contributed by atoms with van der Waals surface area (Å²) in [5, 5.41) is 14.6. The molecular weight excluding hydrogens is 310 g/mol. The van der Waals surface area contributed by atoms with Crippen molar-refractivity contribution in [3.63, 3.8) is 0 Å². The number of urea groups is 1. The van der Waals surface area contributed by atoms with Gasteiger partial charge in [-0.3, -0.25) is 9.69 Å². The van der Waals surface area contributed by atoms with Gasteiger partial charge in [0, 0.05) is 42.4 Å². The Kier molecular flexibility index (Phi) is 4.66. The van der Waals surface area contributed by atoms with Crippen LogP contribution in [0.1, 0.15) is 19.8 Å². The van der Waals surface area contributed by atoms with Crippen molar-refractivity contribution in [2.45, 2.75) is 31.8 Å². The molecule has 1 fully saturated rings. The number of aliphatic carboxylic acids is 1. The molecule has 2 heterocycles. The summed E-state index contributed by atoms with van der Waals surface area (Å²) in [6, 6.07) is 3.65. The molecule has 8 nitrogen and oxygen atoms in total. The summed E-state index contributed by atoms with van der Waals surface area (Å²) >= 11 is 0. The van der Waals surface area contributed by atoms with Gasteiger partial charge < -0.3 is 20.1 Å². The van der Waals surface area contributed by atoms with E-state index < -0.39 is 5.97 Å². The lowest BCUT2D eigenvalue weighted by atomic mass is 9.85. The van der Waals surface area contributed by atoms with Gasteiger partial charge in [-0.1, -0.05) is 6.92 Å². The number of carboxylic acid groups (broad SMARTS) is 1. The van der Waals surface area contributed by atoms with Crippen molar-refractivity contribution in [3.05, 3.63) is 30.7 Å². The lowest BCUT2D eigenvalue weighted by molar-refractivity contribution is -0.139. The molecule has 1 aliphatic rings. The number of amides is 2. The molecule has 0 saturated heterocycles. The van der Waals surface area contributed by atoms with E-state index in [1.807, 2.05) is 34.7 Å². The summed E-state index contributed by atoms with van der Waals surface area (Å²) in [5.41, 5.74) is 1.45. The number of hydrogen-bond acceptors (Lipinski definition) is 4. The van der Waals surface area contributed by atoms with Gasteiger partial charge >= 0.3 is 12.0 Å². The van der Waals surface area contributed by atoms with Crippen molar-refractivity contribution >= 4 is 23.3 Å². The van der Waals surface area contributed by atoms with Gasteiger partial charge in [-0.2, -0.15) is 0 Å². The van der Waals surface area contributed by atoms with E-state index in [0.29, 0.717) is 12.2 Å². The van der Waals surface area contributed by atoms with Crippen LogP contribution in [-0.4, -0.2) is 56.6 Å². The minimum absolute atomic E-state index is 0.0460. The molecule has 1 aliphatic carbocycles. The molecule has 0 spiro atoms. The Morgan fingerprint density at radius 2 is 2.21 bits per heavy atom. The molecule has 2 aromatic heterocycles. The normalized spacial score (nSPS) is 19.9. The Hall–Kier alpha value is -2.61. The second-order valence-corrected chi connectivity index (χ2v) is 5.99. The summed E-state index contributed by atoms with van der Waals surface area (Å²) in [4.78, 5) is 29.0. The van der Waals surface area contributed by atoms with Crippen LogP contribution in [0.3, 0.4) is 0 Å². The smallest absolute Gasteiger partial charge is 0.319 e. The summed E-state index contributed by atoms with van der Waals surface area (Å²) in [7, 11) is 0. The second kappa shape index (κ2) is 6.88. The lowest BCUT2D eigenvalue weighted by Gasteiger charge is -2.42. The van der Waals surface area contributed by atoms with Crippen molar-refractivity contribution in [1.82, 2.24) is 19.6 Å². The molecule has 8 heteroatoms. The number of likely N-dealkylation sites (N-methyl/N-ethyl adjacent to an activating group) is 1. The van der Waals surface area contributed by atoms with Crippen LogP contribution in [0.5, 0.6) is 0 Å². The molecule has 0 aromatic carbocycles. The summed E-state index contributed by atoms with van der Waals surface area (Å²) in [5.74, 6) is -0.819. The Bertz CT molecular complexity index is 738. The largest absolute Gasteiger partial charge is 0.480 e. The molecule has 0 atom stereocenters. The SMILES string of the molecule is CCN(CC(=O)O)C1CC(NC(=O)Nc2ccn3ccnc3c2)C1. The van der Waals surface area contributed by atoms with Crippen LogP contribution in [0.25, 0.3) is 5.65 Å². The van der Waals surface area contributed by atoms with Crippen LogP contribution < -0.4 is 10.6 Å². The maximum atomic E-state index is 12.1. The van der Waals surface area contributed by atoms with Crippen molar-refractivity contribution in [3.8, 4) is 0 Å². The zero-order valence-corrected chi connectivity index (χ0v) is 13.5. The Labute approximate surface area is 139 Å². The number of imidazole rings is 1. The third-order valence-corrected chi connectivity index (χ3v) is 4.37. The molecule has 2 amide bonds. The van der Waals surface area contributed by atoms with Crippen molar-refractivity contribution in [1.29, 1.82) is 0 Å². The average Bonchev–Trinajstić information content (AvgIpc) is 2.96. The number of anilines is 1. The molecular formula is C16H21N5O3. The van der Waals surface area contributed by atoms with Crippen molar-refractivity contribution < 1.29 is 14.7 Å². The van der Waals surface area contributed by atoms with E-state index in [1.54, 1.807) is 12.3 Å². The summed E-state index contributed by atoms with van der Waals surface area (Å²) in [6.45, 7) is 2.69. The fourth-order valence-corrected chi connectivity index (χ4v) is 3.02. The minimum Gasteiger partial charge on any atom is -0.480 e. The highest BCUT2D eigenvalue weighted by atomic mass is 16.4. The van der Waals surface area contributed by atoms with Gasteiger partial charge in [0.15, 0.2) is 0 Å². The van der Waals surface area contributed by atoms with Gasteiger partial charge in [0.1, 0.15) is 5.65 Å². The van der Waals surface area contributed by atoms with Crippen molar-refractivity contribution in [2.24, 2.45) is 0 Å². The van der Waals surface area contributed by atoms with E-state index in [9.17, 15) is 9.59 Å². The molecule has 0 unspecified atom stereocenters. The van der Waals surface area contributed by atoms with Crippen LogP contribution in [-0.2, 0) is 4.79 Å². The highest BCUT2D eigenvalue weighted by Gasteiger charge is 2.34. The van der Waals surface area contributed by atoms with E-state index in [-0.39, 0.29) is 24.7 Å². The van der Waals surface area contributed by atoms with E-state index in [0.717, 1.165) is 18.5 Å². The number of pyridine rings is 1. The van der Waals surface area contributed by atoms with Gasteiger partial charge in [-0.25, -0.2) is 9.78 Å². The minimum atomic E-state index is -0.819. The fraction of sp³-hybridized carbons (Fsp3) is 0.438. The van der Waals surface area contributed by atoms with Crippen LogP contribution in [0.2, 0.25) is 0 Å². The average molecular weight is 331 g/mol. The first-order valence-corrected chi connectivity index (χ1v) is 8.01. The quantitative estimate of drug-likeness (QED) is 0.743. The van der Waals surface area contributed by atoms with Crippen molar-refractivity contribution in [2.75, 3.05) is 18.4 Å². The summed E-state index contributed by atoms with van der Waals surface area (Å²) in [6.07, 6.45) is 6.92. The number of carbonyl (C=O) groups excluding carboxylic acids is 1. The molecule has 24 heavy (non-hydrogen) atoms. The predicted octanol–water partition coefficient (Wildman–Crippen LogP) is 1.39. The Morgan fingerprint density at radius 1 is 1.42 bits per heavy atom. The van der Waals surface area contributed by atoms with Gasteiger partial charge in [0.2, 0.25) is 0 Å². The first-order valence-electron chi connectivity index (χ1n) is 8.01. The third kappa shape index (κ3) is 3.65. The molecule has 0 aliphatic heterocycles. The monoisotopic (exact) mass is 331 g/mol. The van der Waals surface area contributed by atoms with Gasteiger partial charge in [0.05, 0.1) is 6.54 Å². The van der Waals surface area contributed by atoms with Crippen LogP contribution in [0.4, 0.5) is 10.5 Å². The molecule has 0 bridgehead atoms. The second-order valence-electron chi connectivity index (χ2n) is 5.99. The summed E-state index contributed by atoms with van der Waals surface area (Å²) < 4.78 is 1.86. The zero-order valence-electron chi connectivity index (χ0n) is 13.5. The van der Waals surface area contributed by atoms with E-state index in [4.69, 9.17) is 5.11 Å². The van der Waals surface area contributed by atoms with E-state index in [2.05, 4.69) is 15.6 Å². The van der Waals surface area contributed by atoms with Gasteiger partial charge in [-0.05, 0) is 25.5 Å². The number of aromatic nitrogens is 2. The number of carbonyl (C=O) groups is 2.